The Balaban J connectivity index is 1.50. The van der Waals surface area contributed by atoms with Crippen molar-refractivity contribution >= 4 is 11.9 Å². The molecule has 40 heavy (non-hydrogen) atoms. The molecule has 4 nitrogen and oxygen atoms in total. The number of hydrogen-bond acceptors (Lipinski definition) is 4. The third-order valence-electron chi connectivity index (χ3n) is 7.51. The van der Waals surface area contributed by atoms with Gasteiger partial charge in [-0.25, -0.2) is 4.79 Å². The molecule has 0 aromatic heterocycles. The first-order valence-electron chi connectivity index (χ1n) is 16.2. The summed E-state index contributed by atoms with van der Waals surface area (Å²) >= 11 is 0. The van der Waals surface area contributed by atoms with E-state index in [0.29, 0.717) is 24.3 Å². The van der Waals surface area contributed by atoms with Gasteiger partial charge in [0, 0.05) is 6.42 Å². The predicted octanol–water partition coefficient (Wildman–Crippen LogP) is 10.9. The molecule has 2 aromatic carbocycles. The van der Waals surface area contributed by atoms with E-state index in [4.69, 9.17) is 9.47 Å². The van der Waals surface area contributed by atoms with E-state index in [1.165, 1.54) is 89.9 Å². The van der Waals surface area contributed by atoms with Crippen LogP contribution in [0.25, 0.3) is 11.1 Å². The lowest BCUT2D eigenvalue weighted by molar-refractivity contribution is -0.134. The number of hydrogen-bond donors (Lipinski definition) is 0. The van der Waals surface area contributed by atoms with Gasteiger partial charge in [-0.15, -0.1) is 0 Å². The fourth-order valence-electron chi connectivity index (χ4n) is 4.91. The van der Waals surface area contributed by atoms with Crippen LogP contribution < -0.4 is 4.74 Å². The highest BCUT2D eigenvalue weighted by Gasteiger charge is 2.08. The molecule has 2 rings (SSSR count). The van der Waals surface area contributed by atoms with Crippen molar-refractivity contribution in [1.82, 2.24) is 0 Å². The van der Waals surface area contributed by atoms with Crippen molar-refractivity contribution in [1.29, 1.82) is 0 Å². The number of rotatable bonds is 23. The lowest BCUT2D eigenvalue weighted by Gasteiger charge is -2.08. The Kier molecular flexibility index (Phi) is 18.6. The van der Waals surface area contributed by atoms with Gasteiger partial charge in [-0.3, -0.25) is 4.79 Å². The monoisotopic (exact) mass is 550 g/mol. The molecule has 0 radical (unpaired) electrons. The Morgan fingerprint density at radius 1 is 0.525 bits per heavy atom. The van der Waals surface area contributed by atoms with E-state index < -0.39 is 0 Å². The van der Waals surface area contributed by atoms with Crippen LogP contribution in [0.4, 0.5) is 0 Å². The van der Waals surface area contributed by atoms with E-state index in [-0.39, 0.29) is 11.9 Å². The maximum Gasteiger partial charge on any atom is 0.338 e. The zero-order valence-electron chi connectivity index (χ0n) is 25.4. The van der Waals surface area contributed by atoms with Crippen LogP contribution in [0, 0.1) is 0 Å². The quantitative estimate of drug-likeness (QED) is 0.0784. The zero-order chi connectivity index (χ0) is 28.7. The number of ether oxygens (including phenoxy) is 2. The van der Waals surface area contributed by atoms with Crippen LogP contribution in [-0.4, -0.2) is 18.5 Å². The van der Waals surface area contributed by atoms with Crippen LogP contribution in [0.15, 0.2) is 48.5 Å². The lowest BCUT2D eigenvalue weighted by atomic mass is 10.0. The van der Waals surface area contributed by atoms with Crippen LogP contribution in [0.2, 0.25) is 0 Å². The molecule has 0 atom stereocenters. The normalized spacial score (nSPS) is 10.9. The number of unbranched alkanes of at least 4 members (excludes halogenated alkanes) is 16. The van der Waals surface area contributed by atoms with Crippen LogP contribution in [-0.2, 0) is 9.53 Å². The Morgan fingerprint density at radius 3 is 1.43 bits per heavy atom. The van der Waals surface area contributed by atoms with Crippen molar-refractivity contribution in [2.45, 2.75) is 136 Å². The number of benzene rings is 2. The third kappa shape index (κ3) is 15.2. The van der Waals surface area contributed by atoms with Crippen LogP contribution >= 0.6 is 0 Å². The fraction of sp³-hybridized carbons (Fsp3) is 0.611. The van der Waals surface area contributed by atoms with Gasteiger partial charge in [0.1, 0.15) is 5.75 Å². The molecule has 0 unspecified atom stereocenters. The molecule has 0 aliphatic carbocycles. The van der Waals surface area contributed by atoms with E-state index >= 15 is 0 Å². The van der Waals surface area contributed by atoms with Crippen molar-refractivity contribution in [3.05, 3.63) is 54.1 Å². The molecule has 0 saturated heterocycles. The van der Waals surface area contributed by atoms with Gasteiger partial charge < -0.3 is 9.47 Å². The van der Waals surface area contributed by atoms with Gasteiger partial charge in [0.2, 0.25) is 0 Å². The molecule has 0 fully saturated rings. The second-order valence-corrected chi connectivity index (χ2v) is 11.1. The van der Waals surface area contributed by atoms with Crippen molar-refractivity contribution in [2.24, 2.45) is 0 Å². The summed E-state index contributed by atoms with van der Waals surface area (Å²) in [7, 11) is 0. The predicted molar refractivity (Wildman–Crippen MR) is 167 cm³/mol. The van der Waals surface area contributed by atoms with E-state index in [1.807, 2.05) is 36.4 Å². The minimum absolute atomic E-state index is 0.163. The summed E-state index contributed by atoms with van der Waals surface area (Å²) in [6.07, 6.45) is 23.5. The Morgan fingerprint density at radius 2 is 0.950 bits per heavy atom. The van der Waals surface area contributed by atoms with Gasteiger partial charge in [0.25, 0.3) is 0 Å². The molecule has 222 valence electrons. The van der Waals surface area contributed by atoms with Gasteiger partial charge in [-0.1, -0.05) is 141 Å². The molecule has 0 aliphatic heterocycles. The van der Waals surface area contributed by atoms with Crippen molar-refractivity contribution in [3.8, 4) is 16.9 Å². The summed E-state index contributed by atoms with van der Waals surface area (Å²) in [5.74, 6) is 0.122. The SMILES string of the molecule is CCCCCCCCCCCCCCCCCCC(=O)Oc1ccc(-c2ccc(C(=O)OCCCC)cc2)cc1. The first-order valence-corrected chi connectivity index (χ1v) is 16.2. The number of esters is 2. The van der Waals surface area contributed by atoms with Crippen molar-refractivity contribution < 1.29 is 19.1 Å². The largest absolute Gasteiger partial charge is 0.462 e. The van der Waals surface area contributed by atoms with Gasteiger partial charge in [0.15, 0.2) is 0 Å². The maximum atomic E-state index is 12.2. The summed E-state index contributed by atoms with van der Waals surface area (Å²) in [4.78, 5) is 24.3. The first kappa shape index (κ1) is 33.6. The molecular weight excluding hydrogens is 496 g/mol. The summed E-state index contributed by atoms with van der Waals surface area (Å²) < 4.78 is 10.8. The molecule has 0 amide bonds. The Hall–Kier alpha value is -2.62. The van der Waals surface area contributed by atoms with E-state index in [2.05, 4.69) is 13.8 Å². The second-order valence-electron chi connectivity index (χ2n) is 11.1. The minimum atomic E-state index is -0.286. The fourth-order valence-corrected chi connectivity index (χ4v) is 4.91. The molecule has 0 spiro atoms. The smallest absolute Gasteiger partial charge is 0.338 e. The highest BCUT2D eigenvalue weighted by molar-refractivity contribution is 5.90. The molecule has 0 aliphatic rings. The molecular formula is C36H54O4. The molecule has 0 saturated carbocycles. The maximum absolute atomic E-state index is 12.2. The molecule has 2 aromatic rings. The third-order valence-corrected chi connectivity index (χ3v) is 7.51. The van der Waals surface area contributed by atoms with Crippen LogP contribution in [0.5, 0.6) is 5.75 Å². The van der Waals surface area contributed by atoms with Crippen LogP contribution in [0.3, 0.4) is 0 Å². The van der Waals surface area contributed by atoms with E-state index in [9.17, 15) is 9.59 Å². The topological polar surface area (TPSA) is 52.6 Å². The summed E-state index contributed by atoms with van der Waals surface area (Å²) in [5.41, 5.74) is 2.55. The summed E-state index contributed by atoms with van der Waals surface area (Å²) in [6, 6.07) is 14.9. The summed E-state index contributed by atoms with van der Waals surface area (Å²) in [6.45, 7) is 4.80. The van der Waals surface area contributed by atoms with Gasteiger partial charge in [-0.05, 0) is 48.2 Å². The highest BCUT2D eigenvalue weighted by atomic mass is 16.5. The van der Waals surface area contributed by atoms with Crippen molar-refractivity contribution in [3.63, 3.8) is 0 Å². The van der Waals surface area contributed by atoms with Crippen LogP contribution in [0.1, 0.15) is 146 Å². The Bertz CT molecular complexity index is 917. The molecule has 0 N–H and O–H groups in total. The summed E-state index contributed by atoms with van der Waals surface area (Å²) in [5, 5.41) is 0. The standard InChI is InChI=1S/C36H54O4/c1-3-5-7-8-9-10-11-12-13-14-15-16-17-18-19-20-21-35(37)40-34-28-26-32(27-29-34)31-22-24-33(25-23-31)36(38)39-30-6-4-2/h22-29H,3-21,30H2,1-2H3. The average molecular weight is 551 g/mol. The average Bonchev–Trinajstić information content (AvgIpc) is 2.97. The van der Waals surface area contributed by atoms with Gasteiger partial charge >= 0.3 is 11.9 Å². The number of carbonyl (C=O) groups is 2. The molecule has 0 bridgehead atoms. The van der Waals surface area contributed by atoms with Crippen molar-refractivity contribution in [2.75, 3.05) is 6.61 Å². The lowest BCUT2D eigenvalue weighted by Crippen LogP contribution is -2.07. The molecule has 0 heterocycles. The highest BCUT2D eigenvalue weighted by Crippen LogP contribution is 2.24. The van der Waals surface area contributed by atoms with Gasteiger partial charge in [0.05, 0.1) is 12.2 Å². The Labute approximate surface area is 244 Å². The number of carbonyl (C=O) groups excluding carboxylic acids is 2. The van der Waals surface area contributed by atoms with E-state index in [0.717, 1.165) is 36.8 Å². The van der Waals surface area contributed by atoms with Gasteiger partial charge in [-0.2, -0.15) is 0 Å². The zero-order valence-corrected chi connectivity index (χ0v) is 25.4. The minimum Gasteiger partial charge on any atom is -0.462 e. The van der Waals surface area contributed by atoms with E-state index in [1.54, 1.807) is 12.1 Å². The first-order chi connectivity index (χ1) is 19.6. The molecule has 4 heteroatoms. The second kappa shape index (κ2) is 22.1.